The molecule has 1 N–H and O–H groups in total. The number of nitrogens with one attached hydrogen (secondary N) is 1. The fourth-order valence-electron chi connectivity index (χ4n) is 2.50. The second-order valence-electron chi connectivity index (χ2n) is 5.19. The van der Waals surface area contributed by atoms with Crippen LogP contribution in [0.5, 0.6) is 0 Å². The van der Waals surface area contributed by atoms with E-state index in [1.165, 1.54) is 16.7 Å². The van der Waals surface area contributed by atoms with Crippen molar-refractivity contribution >= 4 is 11.6 Å². The van der Waals surface area contributed by atoms with Crippen LogP contribution in [0.15, 0.2) is 30.6 Å². The summed E-state index contributed by atoms with van der Waals surface area (Å²) in [6.07, 6.45) is 2.55. The fourth-order valence-corrected chi connectivity index (χ4v) is 2.50. The van der Waals surface area contributed by atoms with E-state index in [0.29, 0.717) is 0 Å². The molecular formula is C17H24N4. The highest BCUT2D eigenvalue weighted by atomic mass is 15.2. The van der Waals surface area contributed by atoms with Gasteiger partial charge in [-0.05, 0) is 31.4 Å². The molecule has 112 valence electrons. The Morgan fingerprint density at radius 1 is 1.14 bits per heavy atom. The smallest absolute Gasteiger partial charge is 0.137 e. The molecular weight excluding hydrogens is 260 g/mol. The number of aromatic nitrogens is 2. The van der Waals surface area contributed by atoms with Crippen LogP contribution in [0.2, 0.25) is 0 Å². The van der Waals surface area contributed by atoms with Crippen LogP contribution < -0.4 is 10.2 Å². The van der Waals surface area contributed by atoms with Crippen molar-refractivity contribution in [2.45, 2.75) is 33.7 Å². The molecule has 0 saturated carbocycles. The molecule has 0 aliphatic rings. The lowest BCUT2D eigenvalue weighted by Crippen LogP contribution is -2.21. The van der Waals surface area contributed by atoms with Crippen LogP contribution in [0.4, 0.5) is 11.6 Å². The van der Waals surface area contributed by atoms with Gasteiger partial charge < -0.3 is 10.2 Å². The van der Waals surface area contributed by atoms with Crippen molar-refractivity contribution < 1.29 is 0 Å². The molecule has 0 unspecified atom stereocenters. The molecule has 4 heteroatoms. The maximum atomic E-state index is 4.49. The zero-order valence-corrected chi connectivity index (χ0v) is 13.3. The van der Waals surface area contributed by atoms with Gasteiger partial charge in [-0.2, -0.15) is 0 Å². The minimum absolute atomic E-state index is 0.849. The normalized spacial score (nSPS) is 10.5. The molecule has 0 bridgehead atoms. The molecule has 0 spiro atoms. The number of benzene rings is 1. The SMILES string of the molecule is CCNc1ncnc(N(C)Cc2ccccc2C)c1CC. The van der Waals surface area contributed by atoms with E-state index >= 15 is 0 Å². The minimum Gasteiger partial charge on any atom is -0.370 e. The number of aryl methyl sites for hydroxylation is 1. The molecule has 21 heavy (non-hydrogen) atoms. The Hall–Kier alpha value is -2.10. The molecule has 0 fully saturated rings. The molecule has 0 aliphatic heterocycles. The molecule has 1 aromatic heterocycles. The third-order valence-corrected chi connectivity index (χ3v) is 3.65. The van der Waals surface area contributed by atoms with Gasteiger partial charge >= 0.3 is 0 Å². The van der Waals surface area contributed by atoms with Gasteiger partial charge in [-0.3, -0.25) is 0 Å². The van der Waals surface area contributed by atoms with Crippen LogP contribution in [0.1, 0.15) is 30.5 Å². The van der Waals surface area contributed by atoms with Crippen LogP contribution in [0.25, 0.3) is 0 Å². The third-order valence-electron chi connectivity index (χ3n) is 3.65. The fraction of sp³-hybridized carbons (Fsp3) is 0.412. The van der Waals surface area contributed by atoms with Crippen molar-refractivity contribution in [2.75, 3.05) is 23.8 Å². The van der Waals surface area contributed by atoms with Crippen molar-refractivity contribution in [1.82, 2.24) is 9.97 Å². The van der Waals surface area contributed by atoms with Gasteiger partial charge in [-0.25, -0.2) is 9.97 Å². The van der Waals surface area contributed by atoms with E-state index in [1.807, 2.05) is 0 Å². The Morgan fingerprint density at radius 2 is 1.90 bits per heavy atom. The van der Waals surface area contributed by atoms with Gasteiger partial charge in [0.25, 0.3) is 0 Å². The van der Waals surface area contributed by atoms with Crippen molar-refractivity contribution in [2.24, 2.45) is 0 Å². The summed E-state index contributed by atoms with van der Waals surface area (Å²) in [5.41, 5.74) is 3.81. The van der Waals surface area contributed by atoms with Crippen molar-refractivity contribution in [3.63, 3.8) is 0 Å². The van der Waals surface area contributed by atoms with E-state index in [2.05, 4.69) is 72.3 Å². The zero-order chi connectivity index (χ0) is 15.2. The highest BCUT2D eigenvalue weighted by Gasteiger charge is 2.13. The summed E-state index contributed by atoms with van der Waals surface area (Å²) in [5.74, 6) is 1.95. The van der Waals surface area contributed by atoms with E-state index in [1.54, 1.807) is 6.33 Å². The summed E-state index contributed by atoms with van der Waals surface area (Å²) in [4.78, 5) is 11.0. The van der Waals surface area contributed by atoms with E-state index in [4.69, 9.17) is 0 Å². The monoisotopic (exact) mass is 284 g/mol. The summed E-state index contributed by atoms with van der Waals surface area (Å²) in [6, 6.07) is 8.48. The number of rotatable bonds is 6. The van der Waals surface area contributed by atoms with Crippen LogP contribution in [0, 0.1) is 6.92 Å². The predicted molar refractivity (Wildman–Crippen MR) is 88.9 cm³/mol. The maximum absolute atomic E-state index is 4.49. The summed E-state index contributed by atoms with van der Waals surface area (Å²) < 4.78 is 0. The van der Waals surface area contributed by atoms with Gasteiger partial charge in [-0.1, -0.05) is 31.2 Å². The number of hydrogen-bond donors (Lipinski definition) is 1. The first-order valence-corrected chi connectivity index (χ1v) is 7.50. The number of hydrogen-bond acceptors (Lipinski definition) is 4. The second kappa shape index (κ2) is 7.07. The van der Waals surface area contributed by atoms with Gasteiger partial charge in [0, 0.05) is 25.7 Å². The van der Waals surface area contributed by atoms with E-state index in [0.717, 1.165) is 31.1 Å². The Bertz CT molecular complexity index is 595. The molecule has 0 radical (unpaired) electrons. The lowest BCUT2D eigenvalue weighted by Gasteiger charge is -2.23. The molecule has 0 atom stereocenters. The van der Waals surface area contributed by atoms with E-state index < -0.39 is 0 Å². The molecule has 4 nitrogen and oxygen atoms in total. The van der Waals surface area contributed by atoms with Crippen molar-refractivity contribution in [3.8, 4) is 0 Å². The first-order valence-electron chi connectivity index (χ1n) is 7.50. The van der Waals surface area contributed by atoms with E-state index in [9.17, 15) is 0 Å². The average Bonchev–Trinajstić information content (AvgIpc) is 2.49. The minimum atomic E-state index is 0.849. The topological polar surface area (TPSA) is 41.1 Å². The molecule has 2 rings (SSSR count). The zero-order valence-electron chi connectivity index (χ0n) is 13.3. The molecule has 1 heterocycles. The highest BCUT2D eigenvalue weighted by molar-refractivity contribution is 5.58. The summed E-state index contributed by atoms with van der Waals surface area (Å²) in [6.45, 7) is 8.09. The number of nitrogens with zero attached hydrogens (tertiary/aromatic N) is 3. The average molecular weight is 284 g/mol. The van der Waals surface area contributed by atoms with Crippen LogP contribution in [0.3, 0.4) is 0 Å². The van der Waals surface area contributed by atoms with Crippen LogP contribution in [-0.4, -0.2) is 23.6 Å². The summed E-state index contributed by atoms with van der Waals surface area (Å²) in [7, 11) is 2.09. The molecule has 0 saturated heterocycles. The van der Waals surface area contributed by atoms with Gasteiger partial charge in [0.2, 0.25) is 0 Å². The summed E-state index contributed by atoms with van der Waals surface area (Å²) in [5, 5.41) is 3.32. The third kappa shape index (κ3) is 3.51. The molecule has 0 amide bonds. The molecule has 2 aromatic rings. The first kappa shape index (κ1) is 15.3. The largest absolute Gasteiger partial charge is 0.370 e. The van der Waals surface area contributed by atoms with E-state index in [-0.39, 0.29) is 0 Å². The predicted octanol–water partition coefficient (Wildman–Crippen LogP) is 3.42. The van der Waals surface area contributed by atoms with Crippen molar-refractivity contribution in [3.05, 3.63) is 47.3 Å². The molecule has 0 aliphatic carbocycles. The lowest BCUT2D eigenvalue weighted by molar-refractivity contribution is 0.865. The quantitative estimate of drug-likeness (QED) is 0.882. The highest BCUT2D eigenvalue weighted by Crippen LogP contribution is 2.24. The van der Waals surface area contributed by atoms with Gasteiger partial charge in [0.1, 0.15) is 18.0 Å². The second-order valence-corrected chi connectivity index (χ2v) is 5.19. The molecule has 1 aromatic carbocycles. The van der Waals surface area contributed by atoms with Crippen LogP contribution >= 0.6 is 0 Å². The Kier molecular flexibility index (Phi) is 5.14. The Labute approximate surface area is 127 Å². The first-order chi connectivity index (χ1) is 10.2. The van der Waals surface area contributed by atoms with Gasteiger partial charge in [0.05, 0.1) is 0 Å². The Balaban J connectivity index is 2.28. The van der Waals surface area contributed by atoms with Crippen molar-refractivity contribution in [1.29, 1.82) is 0 Å². The van der Waals surface area contributed by atoms with Gasteiger partial charge in [0.15, 0.2) is 0 Å². The standard InChI is InChI=1S/C17H24N4/c1-5-15-16(18-6-2)19-12-20-17(15)21(4)11-14-10-8-7-9-13(14)3/h7-10,12H,5-6,11H2,1-4H3,(H,18,19,20). The number of anilines is 2. The lowest BCUT2D eigenvalue weighted by atomic mass is 10.1. The Morgan fingerprint density at radius 3 is 2.57 bits per heavy atom. The van der Waals surface area contributed by atoms with Gasteiger partial charge in [-0.15, -0.1) is 0 Å². The summed E-state index contributed by atoms with van der Waals surface area (Å²) >= 11 is 0. The maximum Gasteiger partial charge on any atom is 0.137 e. The van der Waals surface area contributed by atoms with Crippen LogP contribution in [-0.2, 0) is 13.0 Å².